The fourth-order valence-corrected chi connectivity index (χ4v) is 2.24. The number of alkyl halides is 3. The first-order valence-electron chi connectivity index (χ1n) is 7.49. The van der Waals surface area contributed by atoms with Crippen molar-refractivity contribution in [3.05, 3.63) is 68.6 Å². The first kappa shape index (κ1) is 19.3. The molecule has 2 aromatic heterocycles. The Balaban J connectivity index is 1.66. The molecule has 0 aliphatic carbocycles. The molecular formula is C15H10F3N5O4S. The summed E-state index contributed by atoms with van der Waals surface area (Å²) in [5.41, 5.74) is -0.0695. The highest BCUT2D eigenvalue weighted by Gasteiger charge is 2.37. The van der Waals surface area contributed by atoms with Crippen molar-refractivity contribution in [3.63, 3.8) is 0 Å². The number of hydrogen-bond donors (Lipinski definition) is 1. The molecule has 0 spiro atoms. The summed E-state index contributed by atoms with van der Waals surface area (Å²) in [5, 5.41) is 19.4. The van der Waals surface area contributed by atoms with E-state index in [1.165, 1.54) is 30.3 Å². The van der Waals surface area contributed by atoms with Crippen LogP contribution in [0, 0.1) is 14.9 Å². The maximum Gasteiger partial charge on any atom is 0.453 e. The SMILES string of the molecule is O=[N+]([O-])c1ccc(OCc2ccc(C=Nn3c(C(F)(F)F)n[nH]c3=S)o2)cc1. The summed E-state index contributed by atoms with van der Waals surface area (Å²) in [6, 6.07) is 8.48. The predicted molar refractivity (Wildman–Crippen MR) is 91.5 cm³/mol. The fraction of sp³-hybridized carbons (Fsp3) is 0.133. The molecule has 28 heavy (non-hydrogen) atoms. The van der Waals surface area contributed by atoms with Crippen LogP contribution in [-0.4, -0.2) is 26.0 Å². The van der Waals surface area contributed by atoms with Crippen LogP contribution in [0.5, 0.6) is 5.75 Å². The van der Waals surface area contributed by atoms with Gasteiger partial charge in [-0.15, -0.1) is 5.10 Å². The topological polar surface area (TPSA) is 111 Å². The number of ether oxygens (including phenoxy) is 1. The molecule has 0 amide bonds. The van der Waals surface area contributed by atoms with Gasteiger partial charge in [-0.1, -0.05) is 0 Å². The Morgan fingerprint density at radius 1 is 1.32 bits per heavy atom. The van der Waals surface area contributed by atoms with Crippen molar-refractivity contribution >= 4 is 24.1 Å². The van der Waals surface area contributed by atoms with Crippen LogP contribution in [0.1, 0.15) is 17.3 Å². The van der Waals surface area contributed by atoms with Gasteiger partial charge in [-0.2, -0.15) is 22.9 Å². The van der Waals surface area contributed by atoms with Gasteiger partial charge in [0.15, 0.2) is 0 Å². The molecule has 0 fully saturated rings. The van der Waals surface area contributed by atoms with Crippen molar-refractivity contribution in [1.29, 1.82) is 0 Å². The summed E-state index contributed by atoms with van der Waals surface area (Å²) in [4.78, 5) is 10.1. The summed E-state index contributed by atoms with van der Waals surface area (Å²) in [7, 11) is 0. The van der Waals surface area contributed by atoms with E-state index in [0.717, 1.165) is 6.21 Å². The molecule has 1 aromatic carbocycles. The number of non-ortho nitro benzene ring substituents is 1. The molecule has 0 aliphatic heterocycles. The van der Waals surface area contributed by atoms with Crippen LogP contribution in [0.15, 0.2) is 45.9 Å². The molecule has 146 valence electrons. The number of aromatic nitrogens is 3. The zero-order valence-electron chi connectivity index (χ0n) is 13.7. The summed E-state index contributed by atoms with van der Waals surface area (Å²) >= 11 is 4.72. The normalized spacial score (nSPS) is 11.8. The average molecular weight is 413 g/mol. The number of nitrogens with one attached hydrogen (secondary N) is 1. The van der Waals surface area contributed by atoms with Gasteiger partial charge in [-0.25, -0.2) is 5.10 Å². The minimum absolute atomic E-state index is 0.00456. The fourth-order valence-electron chi connectivity index (χ4n) is 2.06. The first-order chi connectivity index (χ1) is 13.2. The van der Waals surface area contributed by atoms with Crippen molar-refractivity contribution in [2.45, 2.75) is 12.8 Å². The smallest absolute Gasteiger partial charge is 0.453 e. The van der Waals surface area contributed by atoms with Crippen LogP contribution in [0.3, 0.4) is 0 Å². The molecule has 13 heteroatoms. The van der Waals surface area contributed by atoms with Gasteiger partial charge in [-0.3, -0.25) is 10.1 Å². The zero-order chi connectivity index (χ0) is 20.3. The molecule has 0 unspecified atom stereocenters. The van der Waals surface area contributed by atoms with Crippen molar-refractivity contribution in [1.82, 2.24) is 14.9 Å². The second-order valence-corrected chi connectivity index (χ2v) is 5.64. The van der Waals surface area contributed by atoms with Gasteiger partial charge in [0.2, 0.25) is 4.77 Å². The number of benzene rings is 1. The summed E-state index contributed by atoms with van der Waals surface area (Å²) < 4.78 is 49.4. The third-order valence-electron chi connectivity index (χ3n) is 3.32. The van der Waals surface area contributed by atoms with Crippen LogP contribution in [0.4, 0.5) is 18.9 Å². The van der Waals surface area contributed by atoms with E-state index in [-0.39, 0.29) is 22.8 Å². The Hall–Kier alpha value is -3.48. The Morgan fingerprint density at radius 2 is 2.04 bits per heavy atom. The van der Waals surface area contributed by atoms with Gasteiger partial charge in [0.25, 0.3) is 11.5 Å². The van der Waals surface area contributed by atoms with Crippen molar-refractivity contribution in [3.8, 4) is 5.75 Å². The molecule has 2 heterocycles. The second kappa shape index (κ2) is 7.64. The Bertz CT molecular complexity index is 1070. The second-order valence-electron chi connectivity index (χ2n) is 5.25. The van der Waals surface area contributed by atoms with E-state index in [2.05, 4.69) is 10.2 Å². The molecule has 1 N–H and O–H groups in total. The number of H-pyrrole nitrogens is 1. The molecule has 0 aliphatic rings. The predicted octanol–water partition coefficient (Wildman–Crippen LogP) is 3.92. The van der Waals surface area contributed by atoms with Crippen LogP contribution in [-0.2, 0) is 12.8 Å². The molecule has 9 nitrogen and oxygen atoms in total. The van der Waals surface area contributed by atoms with Crippen LogP contribution < -0.4 is 4.74 Å². The Morgan fingerprint density at radius 3 is 2.68 bits per heavy atom. The van der Waals surface area contributed by atoms with Gasteiger partial charge in [0.05, 0.1) is 11.1 Å². The standard InChI is InChI=1S/C15H10F3N5O4S/c16-15(17,18)13-20-21-14(28)22(13)19-7-11-5-6-12(27-11)8-26-10-3-1-9(2-4-10)23(24)25/h1-7H,8H2,(H,21,28). The molecule has 0 saturated carbocycles. The molecule has 0 atom stereocenters. The molecule has 0 saturated heterocycles. The number of furan rings is 1. The number of nitro groups is 1. The van der Waals surface area contributed by atoms with E-state index >= 15 is 0 Å². The van der Waals surface area contributed by atoms with E-state index in [9.17, 15) is 23.3 Å². The van der Waals surface area contributed by atoms with E-state index in [0.29, 0.717) is 16.2 Å². The minimum atomic E-state index is -4.72. The lowest BCUT2D eigenvalue weighted by Crippen LogP contribution is -2.12. The summed E-state index contributed by atoms with van der Waals surface area (Å²) in [5.74, 6) is -0.371. The van der Waals surface area contributed by atoms with Crippen molar-refractivity contribution in [2.75, 3.05) is 0 Å². The summed E-state index contributed by atoms with van der Waals surface area (Å²) in [6.45, 7) is 0.00456. The van der Waals surface area contributed by atoms with Gasteiger partial charge < -0.3 is 9.15 Å². The van der Waals surface area contributed by atoms with E-state index in [1.54, 1.807) is 6.07 Å². The highest BCUT2D eigenvalue weighted by Crippen LogP contribution is 2.27. The van der Waals surface area contributed by atoms with E-state index in [1.807, 2.05) is 5.10 Å². The Kier molecular flexibility index (Phi) is 5.26. The van der Waals surface area contributed by atoms with E-state index in [4.69, 9.17) is 21.4 Å². The largest absolute Gasteiger partial charge is 0.486 e. The molecule has 0 bridgehead atoms. The van der Waals surface area contributed by atoms with Crippen LogP contribution >= 0.6 is 12.2 Å². The van der Waals surface area contributed by atoms with Crippen molar-refractivity contribution in [2.24, 2.45) is 5.10 Å². The van der Waals surface area contributed by atoms with Gasteiger partial charge in [-0.05, 0) is 36.5 Å². The van der Waals surface area contributed by atoms with Crippen LogP contribution in [0.2, 0.25) is 0 Å². The maximum absolute atomic E-state index is 12.8. The third-order valence-corrected chi connectivity index (χ3v) is 3.58. The lowest BCUT2D eigenvalue weighted by Gasteiger charge is -2.04. The van der Waals surface area contributed by atoms with Gasteiger partial charge >= 0.3 is 6.18 Å². The maximum atomic E-state index is 12.8. The van der Waals surface area contributed by atoms with E-state index < -0.39 is 16.9 Å². The van der Waals surface area contributed by atoms with Crippen molar-refractivity contribution < 1.29 is 27.2 Å². The molecule has 3 rings (SSSR count). The third kappa shape index (κ3) is 4.43. The molecular weight excluding hydrogens is 403 g/mol. The highest BCUT2D eigenvalue weighted by molar-refractivity contribution is 7.71. The zero-order valence-corrected chi connectivity index (χ0v) is 14.5. The molecule has 3 aromatic rings. The summed E-state index contributed by atoms with van der Waals surface area (Å²) in [6.07, 6.45) is -3.67. The number of hydrogen-bond acceptors (Lipinski definition) is 7. The number of rotatable bonds is 6. The number of halogens is 3. The van der Waals surface area contributed by atoms with Crippen LogP contribution in [0.25, 0.3) is 0 Å². The monoisotopic (exact) mass is 413 g/mol. The minimum Gasteiger partial charge on any atom is -0.486 e. The number of nitro benzene ring substituents is 1. The quantitative estimate of drug-likeness (QED) is 0.284. The highest BCUT2D eigenvalue weighted by atomic mass is 32.1. The number of aromatic amines is 1. The first-order valence-corrected chi connectivity index (χ1v) is 7.90. The lowest BCUT2D eigenvalue weighted by molar-refractivity contribution is -0.384. The molecule has 0 radical (unpaired) electrons. The average Bonchev–Trinajstić information content (AvgIpc) is 3.24. The lowest BCUT2D eigenvalue weighted by atomic mass is 10.3. The van der Waals surface area contributed by atoms with Gasteiger partial charge in [0.1, 0.15) is 23.9 Å². The Labute approximate surface area is 159 Å². The number of nitrogens with zero attached hydrogens (tertiary/aromatic N) is 4. The van der Waals surface area contributed by atoms with Gasteiger partial charge in [0, 0.05) is 12.1 Å².